The van der Waals surface area contributed by atoms with Crippen LogP contribution in [0.15, 0.2) is 0 Å². The van der Waals surface area contributed by atoms with Crippen molar-refractivity contribution in [2.45, 2.75) is 102 Å². The third-order valence-corrected chi connectivity index (χ3v) is 9.40. The van der Waals surface area contributed by atoms with Gasteiger partial charge in [-0.2, -0.15) is 5.48 Å². The maximum Gasteiger partial charge on any atom is 0.251 e. The van der Waals surface area contributed by atoms with Crippen LogP contribution >= 0.6 is 0 Å². The highest BCUT2D eigenvalue weighted by Gasteiger charge is 2.45. The number of hydrogen-bond donors (Lipinski definition) is 5. The van der Waals surface area contributed by atoms with Crippen molar-refractivity contribution in [2.24, 2.45) is 41.2 Å². The van der Waals surface area contributed by atoms with E-state index < -0.39 is 0 Å². The molecule has 3 aliphatic heterocycles. The second kappa shape index (κ2) is 9.87. The van der Waals surface area contributed by atoms with Gasteiger partial charge in [-0.25, -0.2) is 0 Å². The molecule has 0 bridgehead atoms. The lowest BCUT2D eigenvalue weighted by molar-refractivity contribution is -0.159. The number of hydrogen-bond acceptors (Lipinski definition) is 6. The van der Waals surface area contributed by atoms with Crippen LogP contribution in [0.2, 0.25) is 0 Å². The molecule has 7 nitrogen and oxygen atoms in total. The molecule has 0 radical (unpaired) electrons. The first-order chi connectivity index (χ1) is 15.5. The summed E-state index contributed by atoms with van der Waals surface area (Å²) in [6, 6.07) is 0.997. The van der Waals surface area contributed by atoms with Gasteiger partial charge in [0.15, 0.2) is 6.10 Å². The molecule has 10 atom stereocenters. The smallest absolute Gasteiger partial charge is 0.251 e. The Bertz CT molecular complexity index is 650. The second-order valence-electron chi connectivity index (χ2n) is 11.8. The number of carbonyl (C=O) groups excluding carboxylic acids is 1. The van der Waals surface area contributed by atoms with Crippen molar-refractivity contribution in [1.29, 1.82) is 0 Å². The molecule has 5 rings (SSSR count). The van der Waals surface area contributed by atoms with Gasteiger partial charge < -0.3 is 21.7 Å². The number of carbonyl (C=O) groups is 1. The predicted molar refractivity (Wildman–Crippen MR) is 125 cm³/mol. The van der Waals surface area contributed by atoms with E-state index in [9.17, 15) is 4.79 Å². The topological polar surface area (TPSA) is 100 Å². The fraction of sp³-hybridized carbons (Fsp3) is 0.960. The third-order valence-electron chi connectivity index (χ3n) is 9.40. The molecule has 2 aliphatic carbocycles. The monoisotopic (exact) mass is 447 g/mol. The second-order valence-corrected chi connectivity index (χ2v) is 11.8. The van der Waals surface area contributed by atoms with E-state index in [1.165, 1.54) is 44.9 Å². The van der Waals surface area contributed by atoms with Gasteiger partial charge in [0.1, 0.15) is 0 Å². The third kappa shape index (κ3) is 5.02. The van der Waals surface area contributed by atoms with E-state index >= 15 is 0 Å². The number of nitrogens with one attached hydrogen (secondary N) is 4. The van der Waals surface area contributed by atoms with Crippen molar-refractivity contribution in [3.8, 4) is 0 Å². The number of nitrogens with two attached hydrogens (primary N) is 1. The molecule has 2 saturated carbocycles. The highest BCUT2D eigenvalue weighted by atomic mass is 16.7. The van der Waals surface area contributed by atoms with Crippen molar-refractivity contribution in [2.75, 3.05) is 13.1 Å². The molecule has 182 valence electrons. The molecule has 3 saturated heterocycles. The Kier molecular flexibility index (Phi) is 7.10. The Morgan fingerprint density at radius 2 is 1.75 bits per heavy atom. The minimum absolute atomic E-state index is 0.0904. The van der Waals surface area contributed by atoms with Gasteiger partial charge in [-0.05, 0) is 100.0 Å². The Labute approximate surface area is 193 Å². The maximum atomic E-state index is 13.3. The molecule has 7 heteroatoms. The van der Waals surface area contributed by atoms with Crippen molar-refractivity contribution >= 4 is 5.91 Å². The van der Waals surface area contributed by atoms with Crippen LogP contribution in [0.4, 0.5) is 0 Å². The van der Waals surface area contributed by atoms with E-state index in [1.54, 1.807) is 0 Å². The summed E-state index contributed by atoms with van der Waals surface area (Å²) < 4.78 is 0. The Hall–Kier alpha value is -0.730. The Morgan fingerprint density at radius 1 is 0.938 bits per heavy atom. The average Bonchev–Trinajstić information content (AvgIpc) is 3.63. The van der Waals surface area contributed by atoms with Gasteiger partial charge in [0.25, 0.3) is 5.91 Å². The van der Waals surface area contributed by atoms with Crippen LogP contribution in [0.25, 0.3) is 0 Å². The van der Waals surface area contributed by atoms with E-state index in [0.717, 1.165) is 25.9 Å². The SMILES string of the molecule is CC1CCCC2CC(C(=O)NC(C3CC3)C3NCC(C4CCC(N)NC4)CC3C)ONC12. The summed E-state index contributed by atoms with van der Waals surface area (Å²) in [4.78, 5) is 19.2. The number of fused-ring (bicyclic) bond motifs is 1. The van der Waals surface area contributed by atoms with E-state index in [2.05, 4.69) is 35.3 Å². The highest BCUT2D eigenvalue weighted by Crippen LogP contribution is 2.40. The first kappa shape index (κ1) is 23.0. The van der Waals surface area contributed by atoms with Gasteiger partial charge in [-0.15, -0.1) is 0 Å². The van der Waals surface area contributed by atoms with E-state index in [-0.39, 0.29) is 24.2 Å². The molecule has 1 amide bonds. The number of amides is 1. The molecule has 0 aromatic heterocycles. The van der Waals surface area contributed by atoms with Crippen LogP contribution in [0.3, 0.4) is 0 Å². The summed E-state index contributed by atoms with van der Waals surface area (Å²) in [6.07, 6.45) is 10.4. The van der Waals surface area contributed by atoms with Gasteiger partial charge in [0.05, 0.1) is 6.17 Å². The van der Waals surface area contributed by atoms with Crippen LogP contribution in [0.1, 0.15) is 71.6 Å². The van der Waals surface area contributed by atoms with E-state index in [1.807, 2.05) is 0 Å². The highest BCUT2D eigenvalue weighted by molar-refractivity contribution is 5.81. The lowest BCUT2D eigenvalue weighted by Gasteiger charge is -2.45. The Balaban J connectivity index is 1.16. The molecule has 5 aliphatic rings. The minimum Gasteiger partial charge on any atom is -0.349 e. The van der Waals surface area contributed by atoms with Crippen LogP contribution in [-0.2, 0) is 9.63 Å². The largest absolute Gasteiger partial charge is 0.349 e. The van der Waals surface area contributed by atoms with Crippen molar-refractivity contribution in [3.05, 3.63) is 0 Å². The summed E-state index contributed by atoms with van der Waals surface area (Å²) in [5.41, 5.74) is 9.29. The van der Waals surface area contributed by atoms with Crippen molar-refractivity contribution in [1.82, 2.24) is 21.4 Å². The predicted octanol–water partition coefficient (Wildman–Crippen LogP) is 1.88. The molecule has 32 heavy (non-hydrogen) atoms. The zero-order valence-electron chi connectivity index (χ0n) is 20.0. The van der Waals surface area contributed by atoms with Crippen molar-refractivity contribution < 1.29 is 9.63 Å². The first-order valence-electron chi connectivity index (χ1n) is 13.4. The lowest BCUT2D eigenvalue weighted by atomic mass is 9.74. The van der Waals surface area contributed by atoms with Gasteiger partial charge in [0, 0.05) is 18.1 Å². The van der Waals surface area contributed by atoms with E-state index in [4.69, 9.17) is 10.6 Å². The van der Waals surface area contributed by atoms with Crippen LogP contribution in [0, 0.1) is 35.5 Å². The van der Waals surface area contributed by atoms with Crippen LogP contribution in [0.5, 0.6) is 0 Å². The molecule has 10 unspecified atom stereocenters. The lowest BCUT2D eigenvalue weighted by Crippen LogP contribution is -2.61. The summed E-state index contributed by atoms with van der Waals surface area (Å²) >= 11 is 0. The maximum absolute atomic E-state index is 13.3. The molecule has 0 aromatic carbocycles. The molecule has 6 N–H and O–H groups in total. The van der Waals surface area contributed by atoms with Gasteiger partial charge in [0.2, 0.25) is 0 Å². The van der Waals surface area contributed by atoms with Crippen molar-refractivity contribution in [3.63, 3.8) is 0 Å². The summed E-state index contributed by atoms with van der Waals surface area (Å²) in [6.45, 7) is 6.77. The van der Waals surface area contributed by atoms with Gasteiger partial charge in [-0.1, -0.05) is 20.3 Å². The number of hydroxylamine groups is 1. The molecule has 0 aromatic rings. The fourth-order valence-electron chi connectivity index (χ4n) is 7.20. The number of rotatable bonds is 5. The number of piperidine rings is 2. The van der Waals surface area contributed by atoms with Crippen LogP contribution < -0.4 is 27.2 Å². The Morgan fingerprint density at radius 3 is 2.47 bits per heavy atom. The standard InChI is InChI=1S/C25H45N5O2/c1-14-4-3-5-17-11-20(32-30-22(14)17)25(31)29-24(16-6-7-16)23-15(2)10-19(13-28-23)18-8-9-21(26)27-12-18/h14-24,27-28,30H,3-13,26H2,1-2H3,(H,29,31). The van der Waals surface area contributed by atoms with Gasteiger partial charge >= 0.3 is 0 Å². The van der Waals surface area contributed by atoms with Crippen LogP contribution in [-0.4, -0.2) is 49.4 Å². The normalized spacial score (nSPS) is 46.2. The molecule has 3 heterocycles. The molecular formula is C25H45N5O2. The quantitative estimate of drug-likeness (QED) is 0.441. The molecule has 0 spiro atoms. The van der Waals surface area contributed by atoms with Gasteiger partial charge in [-0.3, -0.25) is 9.63 Å². The van der Waals surface area contributed by atoms with E-state index in [0.29, 0.717) is 47.6 Å². The summed E-state index contributed by atoms with van der Waals surface area (Å²) in [5.74, 6) is 3.88. The molecular weight excluding hydrogens is 402 g/mol. The summed E-state index contributed by atoms with van der Waals surface area (Å²) in [7, 11) is 0. The summed E-state index contributed by atoms with van der Waals surface area (Å²) in [5, 5.41) is 10.8. The molecule has 5 fully saturated rings. The first-order valence-corrected chi connectivity index (χ1v) is 13.4. The minimum atomic E-state index is -0.355. The average molecular weight is 448 g/mol. The fourth-order valence-corrected chi connectivity index (χ4v) is 7.20. The zero-order chi connectivity index (χ0) is 22.2. The zero-order valence-corrected chi connectivity index (χ0v) is 20.0.